The lowest BCUT2D eigenvalue weighted by Crippen LogP contribution is -2.40. The van der Waals surface area contributed by atoms with E-state index in [1.54, 1.807) is 23.4 Å². The Morgan fingerprint density at radius 3 is 2.45 bits per heavy atom. The highest BCUT2D eigenvalue weighted by molar-refractivity contribution is 7.90. The number of imidazole rings is 1. The monoisotopic (exact) mass is 472 g/mol. The molecule has 2 heterocycles. The molecule has 166 valence electrons. The van der Waals surface area contributed by atoms with E-state index in [4.69, 9.17) is 12.2 Å². The molecule has 3 aromatic rings. The normalized spacial score (nSPS) is 11.6. The minimum Gasteiger partial charge on any atom is -0.337 e. The van der Waals surface area contributed by atoms with Crippen LogP contribution in [-0.4, -0.2) is 39.7 Å². The molecule has 0 saturated heterocycles. The first kappa shape index (κ1) is 22.6. The first-order valence-electron chi connectivity index (χ1n) is 8.89. The fraction of sp³-hybridized carbons (Fsp3) is 0.294. The molecule has 3 rings (SSSR count). The Hall–Kier alpha value is -3.13. The van der Waals surface area contributed by atoms with E-state index in [2.05, 4.69) is 10.3 Å². The van der Waals surface area contributed by atoms with Crippen molar-refractivity contribution in [3.05, 3.63) is 51.3 Å². The third-order valence-corrected chi connectivity index (χ3v) is 6.23. The van der Waals surface area contributed by atoms with Crippen molar-refractivity contribution >= 4 is 39.4 Å². The molecule has 0 aliphatic carbocycles. The highest BCUT2D eigenvalue weighted by Crippen LogP contribution is 2.14. The molecule has 0 spiro atoms. The van der Waals surface area contributed by atoms with Crippen molar-refractivity contribution in [2.45, 2.75) is 17.9 Å². The summed E-state index contributed by atoms with van der Waals surface area (Å²) >= 11 is 5.32. The lowest BCUT2D eigenvalue weighted by Gasteiger charge is -2.10. The summed E-state index contributed by atoms with van der Waals surface area (Å²) in [5.74, 6) is -2.17. The Kier molecular flexibility index (Phi) is 6.22. The van der Waals surface area contributed by atoms with Gasteiger partial charge in [-0.05, 0) is 18.6 Å². The Balaban J connectivity index is 1.62. The van der Waals surface area contributed by atoms with Crippen LogP contribution >= 0.6 is 12.2 Å². The van der Waals surface area contributed by atoms with Gasteiger partial charge in [-0.2, -0.15) is 0 Å². The zero-order valence-corrected chi connectivity index (χ0v) is 18.1. The summed E-state index contributed by atoms with van der Waals surface area (Å²) < 4.78 is 57.0. The number of rotatable bonds is 6. The summed E-state index contributed by atoms with van der Waals surface area (Å²) in [4.78, 5) is 27.4. The summed E-state index contributed by atoms with van der Waals surface area (Å²) in [7, 11) is -1.31. The van der Waals surface area contributed by atoms with Gasteiger partial charge < -0.3 is 9.88 Å². The molecular formula is C17H18F2N6O4S2. The predicted molar refractivity (Wildman–Crippen MR) is 109 cm³/mol. The number of carbonyl (C=O) groups is 1. The van der Waals surface area contributed by atoms with Crippen LogP contribution in [0.15, 0.2) is 34.2 Å². The first-order valence-corrected chi connectivity index (χ1v) is 10.8. The summed E-state index contributed by atoms with van der Waals surface area (Å²) in [5.41, 5.74) is 0.701. The molecule has 2 aromatic heterocycles. The van der Waals surface area contributed by atoms with Crippen LogP contribution in [0.25, 0.3) is 11.2 Å². The van der Waals surface area contributed by atoms with Crippen LogP contribution in [0.3, 0.4) is 0 Å². The van der Waals surface area contributed by atoms with Gasteiger partial charge >= 0.3 is 11.7 Å². The number of fused-ring (bicyclic) bond motifs is 1. The van der Waals surface area contributed by atoms with E-state index in [-0.39, 0.29) is 12.2 Å². The molecule has 2 amide bonds. The molecule has 0 fully saturated rings. The van der Waals surface area contributed by atoms with E-state index in [9.17, 15) is 26.8 Å². The van der Waals surface area contributed by atoms with Crippen molar-refractivity contribution < 1.29 is 22.0 Å². The van der Waals surface area contributed by atoms with Crippen LogP contribution in [0.4, 0.5) is 13.6 Å². The van der Waals surface area contributed by atoms with Gasteiger partial charge in [-0.1, -0.05) is 12.2 Å². The maximum absolute atomic E-state index is 13.2. The Morgan fingerprint density at radius 1 is 1.16 bits per heavy atom. The topological polar surface area (TPSA) is 120 Å². The average molecular weight is 472 g/mol. The van der Waals surface area contributed by atoms with Gasteiger partial charge in [0.05, 0.1) is 11.2 Å². The van der Waals surface area contributed by atoms with Crippen LogP contribution in [0, 0.1) is 16.3 Å². The SMILES string of the molecule is Cn1c(=S)c2c(ncn2CCCNC(=O)NS(=O)(=O)c2cc(F)cc(F)c2)n(C)c1=O. The number of carbonyl (C=O) groups excluding carboxylic acids is 1. The van der Waals surface area contributed by atoms with E-state index in [1.807, 2.05) is 0 Å². The molecule has 0 radical (unpaired) electrons. The van der Waals surface area contributed by atoms with E-state index < -0.39 is 32.6 Å². The molecule has 0 unspecified atom stereocenters. The molecule has 0 saturated carbocycles. The number of amides is 2. The molecule has 0 bridgehead atoms. The number of aryl methyl sites for hydroxylation is 2. The second-order valence-electron chi connectivity index (χ2n) is 6.64. The zero-order valence-electron chi connectivity index (χ0n) is 16.4. The molecular weight excluding hydrogens is 454 g/mol. The second kappa shape index (κ2) is 8.55. The average Bonchev–Trinajstić information content (AvgIpc) is 3.11. The van der Waals surface area contributed by atoms with Gasteiger partial charge in [-0.3, -0.25) is 9.13 Å². The number of aromatic nitrogens is 4. The first-order chi connectivity index (χ1) is 14.5. The van der Waals surface area contributed by atoms with Gasteiger partial charge in [0.2, 0.25) is 0 Å². The van der Waals surface area contributed by atoms with Crippen LogP contribution in [-0.2, 0) is 30.7 Å². The quantitative estimate of drug-likeness (QED) is 0.410. The third kappa shape index (κ3) is 4.64. The van der Waals surface area contributed by atoms with Gasteiger partial charge in [-0.25, -0.2) is 36.5 Å². The highest BCUT2D eigenvalue weighted by atomic mass is 32.2. The summed E-state index contributed by atoms with van der Waals surface area (Å²) in [5, 5.41) is 2.36. The van der Waals surface area contributed by atoms with Crippen molar-refractivity contribution in [1.29, 1.82) is 0 Å². The van der Waals surface area contributed by atoms with Crippen molar-refractivity contribution in [1.82, 2.24) is 28.7 Å². The maximum atomic E-state index is 13.2. The number of halogens is 2. The lowest BCUT2D eigenvalue weighted by atomic mass is 10.3. The van der Waals surface area contributed by atoms with E-state index in [0.29, 0.717) is 47.0 Å². The zero-order chi connectivity index (χ0) is 22.9. The smallest absolute Gasteiger partial charge is 0.330 e. The van der Waals surface area contributed by atoms with Crippen LogP contribution in [0.5, 0.6) is 0 Å². The minimum atomic E-state index is -4.44. The van der Waals surface area contributed by atoms with E-state index in [0.717, 1.165) is 0 Å². The summed E-state index contributed by atoms with van der Waals surface area (Å²) in [6.07, 6.45) is 1.90. The molecule has 0 atom stereocenters. The fourth-order valence-corrected chi connectivity index (χ4v) is 4.17. The fourth-order valence-electron chi connectivity index (χ4n) is 2.92. The van der Waals surface area contributed by atoms with Gasteiger partial charge in [-0.15, -0.1) is 0 Å². The number of urea groups is 1. The second-order valence-corrected chi connectivity index (χ2v) is 8.71. The van der Waals surface area contributed by atoms with Gasteiger partial charge in [0.25, 0.3) is 10.0 Å². The van der Waals surface area contributed by atoms with Crippen molar-refractivity contribution in [3.63, 3.8) is 0 Å². The maximum Gasteiger partial charge on any atom is 0.330 e. The van der Waals surface area contributed by atoms with Gasteiger partial charge in [0.1, 0.15) is 21.8 Å². The molecule has 0 aliphatic rings. The summed E-state index contributed by atoms with van der Waals surface area (Å²) in [6.45, 7) is 0.462. The standard InChI is InChI=1S/C17H18F2N6O4S2/c1-23-14-13(15(30)24(2)17(23)27)25(9-21-14)5-3-4-20-16(26)22-31(28,29)12-7-10(18)6-11(19)8-12/h6-9H,3-5H2,1-2H3,(H2,20,22,26). The number of hydrogen-bond donors (Lipinski definition) is 2. The van der Waals surface area contributed by atoms with E-state index in [1.165, 1.54) is 15.5 Å². The predicted octanol–water partition coefficient (Wildman–Crippen LogP) is 1.16. The van der Waals surface area contributed by atoms with Crippen molar-refractivity contribution in [3.8, 4) is 0 Å². The number of benzene rings is 1. The highest BCUT2D eigenvalue weighted by Gasteiger charge is 2.19. The molecule has 0 aliphatic heterocycles. The van der Waals surface area contributed by atoms with Crippen molar-refractivity contribution in [2.75, 3.05) is 6.54 Å². The van der Waals surface area contributed by atoms with Crippen molar-refractivity contribution in [2.24, 2.45) is 14.1 Å². The minimum absolute atomic E-state index is 0.0865. The Morgan fingerprint density at radius 2 is 1.81 bits per heavy atom. The largest absolute Gasteiger partial charge is 0.337 e. The van der Waals surface area contributed by atoms with Crippen LogP contribution in [0.2, 0.25) is 0 Å². The number of hydrogen-bond acceptors (Lipinski definition) is 6. The number of nitrogens with one attached hydrogen (secondary N) is 2. The van der Waals surface area contributed by atoms with E-state index >= 15 is 0 Å². The molecule has 31 heavy (non-hydrogen) atoms. The number of sulfonamides is 1. The summed E-state index contributed by atoms with van der Waals surface area (Å²) in [6, 6.07) is 0.675. The molecule has 10 nitrogen and oxygen atoms in total. The lowest BCUT2D eigenvalue weighted by molar-refractivity contribution is 0.245. The number of nitrogens with zero attached hydrogens (tertiary/aromatic N) is 4. The Bertz CT molecular complexity index is 1370. The van der Waals surface area contributed by atoms with Gasteiger partial charge in [0.15, 0.2) is 5.65 Å². The van der Waals surface area contributed by atoms with Crippen LogP contribution < -0.4 is 15.7 Å². The van der Waals surface area contributed by atoms with Crippen LogP contribution in [0.1, 0.15) is 6.42 Å². The Labute approximate surface area is 180 Å². The van der Waals surface area contributed by atoms with Gasteiger partial charge in [0, 0.05) is 33.3 Å². The molecule has 1 aromatic carbocycles. The molecule has 14 heteroatoms. The third-order valence-electron chi connectivity index (χ3n) is 4.45. The molecule has 2 N–H and O–H groups in total.